The van der Waals surface area contributed by atoms with E-state index in [0.29, 0.717) is 12.0 Å². The van der Waals surface area contributed by atoms with Crippen LogP contribution in [-0.2, 0) is 0 Å². The molecule has 0 aromatic heterocycles. The van der Waals surface area contributed by atoms with Crippen LogP contribution in [0.25, 0.3) is 0 Å². The molecule has 0 bridgehead atoms. The quantitative estimate of drug-likeness (QED) is 0.649. The molecule has 1 rings (SSSR count). The van der Waals surface area contributed by atoms with Crippen LogP contribution in [0.3, 0.4) is 0 Å². The Kier molecular flexibility index (Phi) is 3.81. The van der Waals surface area contributed by atoms with Crippen molar-refractivity contribution in [2.24, 2.45) is 11.0 Å². The van der Waals surface area contributed by atoms with E-state index in [1.165, 1.54) is 0 Å². The number of hydrogen-bond acceptors (Lipinski definition) is 4. The normalized spacial score (nSPS) is 30.8. The molecule has 0 radical (unpaired) electrons. The first kappa shape index (κ1) is 10.6. The summed E-state index contributed by atoms with van der Waals surface area (Å²) >= 11 is 0. The Labute approximate surface area is 80.2 Å². The van der Waals surface area contributed by atoms with Gasteiger partial charge in [-0.05, 0) is 12.5 Å². The third-order valence-corrected chi connectivity index (χ3v) is 2.73. The van der Waals surface area contributed by atoms with E-state index in [2.05, 4.69) is 36.1 Å². The van der Waals surface area contributed by atoms with Gasteiger partial charge in [-0.1, -0.05) is 20.8 Å². The van der Waals surface area contributed by atoms with Crippen LogP contribution in [0, 0.1) is 11.4 Å². The molecule has 1 aliphatic heterocycles. The van der Waals surface area contributed by atoms with Gasteiger partial charge in [0.15, 0.2) is 0 Å². The lowest BCUT2D eigenvalue weighted by Gasteiger charge is -2.40. The first-order chi connectivity index (χ1) is 6.20. The first-order valence-corrected chi connectivity index (χ1v) is 5.04. The van der Waals surface area contributed by atoms with Gasteiger partial charge in [-0.3, -0.25) is 4.90 Å². The standard InChI is InChI=1S/C9H20N4/c1-4-13-6-5-11-8(7(2)3)9(13)12-10/h7-11H,4-6H2,1-3H3. The topological polar surface area (TPSA) is 51.5 Å². The van der Waals surface area contributed by atoms with Crippen LogP contribution >= 0.6 is 0 Å². The van der Waals surface area contributed by atoms with Crippen molar-refractivity contribution in [3.05, 3.63) is 0 Å². The highest BCUT2D eigenvalue weighted by molar-refractivity contribution is 4.87. The maximum absolute atomic E-state index is 7.20. The summed E-state index contributed by atoms with van der Waals surface area (Å²) in [5.41, 5.74) is 7.20. The summed E-state index contributed by atoms with van der Waals surface area (Å²) in [7, 11) is 0. The van der Waals surface area contributed by atoms with Crippen LogP contribution in [0.2, 0.25) is 0 Å². The van der Waals surface area contributed by atoms with Crippen molar-refractivity contribution in [1.82, 2.24) is 10.2 Å². The summed E-state index contributed by atoms with van der Waals surface area (Å²) in [6.45, 7) is 9.48. The monoisotopic (exact) mass is 184 g/mol. The van der Waals surface area contributed by atoms with E-state index in [9.17, 15) is 0 Å². The Morgan fingerprint density at radius 1 is 1.62 bits per heavy atom. The van der Waals surface area contributed by atoms with Gasteiger partial charge in [-0.25, -0.2) is 5.53 Å². The van der Waals surface area contributed by atoms with Crippen LogP contribution in [0.4, 0.5) is 0 Å². The molecule has 1 saturated heterocycles. The van der Waals surface area contributed by atoms with Crippen molar-refractivity contribution in [3.63, 3.8) is 0 Å². The summed E-state index contributed by atoms with van der Waals surface area (Å²) < 4.78 is 0. The molecule has 0 aromatic carbocycles. The second-order valence-electron chi connectivity index (χ2n) is 3.90. The smallest absolute Gasteiger partial charge is 0.138 e. The van der Waals surface area contributed by atoms with E-state index in [1.807, 2.05) is 0 Å². The van der Waals surface area contributed by atoms with Crippen molar-refractivity contribution >= 4 is 0 Å². The predicted octanol–water partition coefficient (Wildman–Crippen LogP) is 1.29. The largest absolute Gasteiger partial charge is 0.309 e. The minimum Gasteiger partial charge on any atom is -0.309 e. The molecule has 1 aliphatic rings. The zero-order valence-corrected chi connectivity index (χ0v) is 8.75. The number of rotatable bonds is 3. The average Bonchev–Trinajstić information content (AvgIpc) is 2.16. The SMILES string of the molecule is CCN1CCNC(C(C)C)C1N=N. The predicted molar refractivity (Wildman–Crippen MR) is 52.8 cm³/mol. The maximum Gasteiger partial charge on any atom is 0.138 e. The molecule has 0 aliphatic carbocycles. The highest BCUT2D eigenvalue weighted by Crippen LogP contribution is 2.16. The fourth-order valence-corrected chi connectivity index (χ4v) is 1.93. The van der Waals surface area contributed by atoms with Gasteiger partial charge in [-0.2, -0.15) is 5.11 Å². The lowest BCUT2D eigenvalue weighted by Crippen LogP contribution is -2.58. The molecule has 1 fully saturated rings. The average molecular weight is 184 g/mol. The fraction of sp³-hybridized carbons (Fsp3) is 1.00. The fourth-order valence-electron chi connectivity index (χ4n) is 1.93. The Morgan fingerprint density at radius 2 is 2.31 bits per heavy atom. The van der Waals surface area contributed by atoms with Gasteiger partial charge in [0.25, 0.3) is 0 Å². The second kappa shape index (κ2) is 4.67. The highest BCUT2D eigenvalue weighted by Gasteiger charge is 2.31. The molecule has 1 heterocycles. The Hall–Kier alpha value is -0.480. The van der Waals surface area contributed by atoms with Crippen LogP contribution in [0.1, 0.15) is 20.8 Å². The molecule has 0 amide bonds. The molecule has 2 N–H and O–H groups in total. The molecule has 2 unspecified atom stereocenters. The number of nitrogens with one attached hydrogen (secondary N) is 2. The van der Waals surface area contributed by atoms with Gasteiger partial charge in [0.1, 0.15) is 6.17 Å². The zero-order valence-electron chi connectivity index (χ0n) is 8.75. The summed E-state index contributed by atoms with van der Waals surface area (Å²) in [4.78, 5) is 2.26. The molecular weight excluding hydrogens is 164 g/mol. The van der Waals surface area contributed by atoms with E-state index in [0.717, 1.165) is 19.6 Å². The Bertz CT molecular complexity index is 169. The lowest BCUT2D eigenvalue weighted by molar-refractivity contribution is 0.102. The molecule has 2 atom stereocenters. The summed E-state index contributed by atoms with van der Waals surface area (Å²) in [5, 5.41) is 7.14. The van der Waals surface area contributed by atoms with Gasteiger partial charge in [0.05, 0.1) is 0 Å². The summed E-state index contributed by atoms with van der Waals surface area (Å²) in [6.07, 6.45) is 0.0405. The van der Waals surface area contributed by atoms with Crippen LogP contribution in [0.5, 0.6) is 0 Å². The minimum absolute atomic E-state index is 0.0405. The van der Waals surface area contributed by atoms with Crippen LogP contribution in [0.15, 0.2) is 5.11 Å². The van der Waals surface area contributed by atoms with Crippen molar-refractivity contribution in [1.29, 1.82) is 5.53 Å². The van der Waals surface area contributed by atoms with Gasteiger partial charge in [0.2, 0.25) is 0 Å². The molecule has 0 spiro atoms. The highest BCUT2D eigenvalue weighted by atomic mass is 15.3. The van der Waals surface area contributed by atoms with E-state index in [-0.39, 0.29) is 6.17 Å². The van der Waals surface area contributed by atoms with Gasteiger partial charge in [-0.15, -0.1) is 0 Å². The third kappa shape index (κ3) is 2.25. The van der Waals surface area contributed by atoms with E-state index >= 15 is 0 Å². The molecule has 76 valence electrons. The van der Waals surface area contributed by atoms with Crippen molar-refractivity contribution in [2.75, 3.05) is 19.6 Å². The first-order valence-electron chi connectivity index (χ1n) is 5.04. The Balaban J connectivity index is 2.66. The number of nitrogens with zero attached hydrogens (tertiary/aromatic N) is 2. The molecule has 0 saturated carbocycles. The van der Waals surface area contributed by atoms with E-state index in [4.69, 9.17) is 5.53 Å². The molecule has 4 nitrogen and oxygen atoms in total. The van der Waals surface area contributed by atoms with Crippen LogP contribution < -0.4 is 5.32 Å². The van der Waals surface area contributed by atoms with Crippen molar-refractivity contribution < 1.29 is 0 Å². The second-order valence-corrected chi connectivity index (χ2v) is 3.90. The van der Waals surface area contributed by atoms with E-state index < -0.39 is 0 Å². The summed E-state index contributed by atoms with van der Waals surface area (Å²) in [6, 6.07) is 0.339. The summed E-state index contributed by atoms with van der Waals surface area (Å²) in [5.74, 6) is 0.536. The van der Waals surface area contributed by atoms with Gasteiger partial charge in [0, 0.05) is 19.1 Å². The van der Waals surface area contributed by atoms with Crippen molar-refractivity contribution in [3.8, 4) is 0 Å². The van der Waals surface area contributed by atoms with E-state index in [1.54, 1.807) is 0 Å². The maximum atomic E-state index is 7.20. The lowest BCUT2D eigenvalue weighted by atomic mass is 9.98. The molecule has 4 heteroatoms. The van der Waals surface area contributed by atoms with Crippen molar-refractivity contribution in [2.45, 2.75) is 33.0 Å². The van der Waals surface area contributed by atoms with Crippen LogP contribution in [-0.4, -0.2) is 36.7 Å². The molecular formula is C9H20N4. The molecule has 13 heavy (non-hydrogen) atoms. The molecule has 0 aromatic rings. The zero-order chi connectivity index (χ0) is 9.84. The number of likely N-dealkylation sites (N-methyl/N-ethyl adjacent to an activating group) is 1. The third-order valence-electron chi connectivity index (χ3n) is 2.73. The number of piperazine rings is 1. The Morgan fingerprint density at radius 3 is 2.77 bits per heavy atom. The van der Waals surface area contributed by atoms with Gasteiger partial charge < -0.3 is 5.32 Å². The minimum atomic E-state index is 0.0405. The number of hydrogen-bond donors (Lipinski definition) is 2. The van der Waals surface area contributed by atoms with Gasteiger partial charge >= 0.3 is 0 Å².